The molecule has 3 saturated heterocycles. The number of hydrogen-bond acceptors (Lipinski definition) is 2. The summed E-state index contributed by atoms with van der Waals surface area (Å²) < 4.78 is 5.65. The van der Waals surface area contributed by atoms with Crippen LogP contribution in [0.2, 0.25) is 0 Å². The van der Waals surface area contributed by atoms with Crippen LogP contribution in [0.25, 0.3) is 0 Å². The van der Waals surface area contributed by atoms with Crippen molar-refractivity contribution in [2.45, 2.75) is 37.5 Å². The molecule has 10 heavy (non-hydrogen) atoms. The number of fused-ring (bicyclic) bond motifs is 5. The van der Waals surface area contributed by atoms with Gasteiger partial charge < -0.3 is 10.1 Å². The second kappa shape index (κ2) is 1.74. The molecule has 3 heterocycles. The van der Waals surface area contributed by atoms with Gasteiger partial charge in [0.15, 0.2) is 0 Å². The molecular weight excluding hydrogens is 126 g/mol. The fourth-order valence-electron chi connectivity index (χ4n) is 2.87. The first-order valence-electron chi connectivity index (χ1n) is 4.33. The molecule has 3 aliphatic heterocycles. The Hall–Kier alpha value is -0.0800. The monoisotopic (exact) mass is 139 g/mol. The summed E-state index contributed by atoms with van der Waals surface area (Å²) in [6.45, 7) is 1.02. The molecule has 3 fully saturated rings. The van der Waals surface area contributed by atoms with Gasteiger partial charge in [0.25, 0.3) is 0 Å². The lowest BCUT2D eigenvalue weighted by atomic mass is 9.86. The van der Waals surface area contributed by atoms with Gasteiger partial charge in [0, 0.05) is 24.6 Å². The number of rotatable bonds is 0. The van der Waals surface area contributed by atoms with Gasteiger partial charge in [-0.15, -0.1) is 0 Å². The summed E-state index contributed by atoms with van der Waals surface area (Å²) in [6, 6.07) is 1.54. The van der Waals surface area contributed by atoms with Gasteiger partial charge in [-0.2, -0.15) is 0 Å². The SMILES string of the molecule is C1C[C@@H]2[C@H](O1)[C@@H]1CC[C@H]2N1. The van der Waals surface area contributed by atoms with E-state index in [1.807, 2.05) is 0 Å². The molecule has 0 aromatic rings. The molecule has 2 nitrogen and oxygen atoms in total. The molecule has 0 aromatic carbocycles. The van der Waals surface area contributed by atoms with Crippen molar-refractivity contribution in [2.75, 3.05) is 6.61 Å². The first-order valence-corrected chi connectivity index (χ1v) is 4.33. The molecule has 3 rings (SSSR count). The zero-order valence-corrected chi connectivity index (χ0v) is 6.05. The van der Waals surface area contributed by atoms with E-state index in [1.165, 1.54) is 19.3 Å². The zero-order chi connectivity index (χ0) is 6.55. The van der Waals surface area contributed by atoms with Crippen LogP contribution in [0.15, 0.2) is 0 Å². The lowest BCUT2D eigenvalue weighted by molar-refractivity contribution is 0.0772. The van der Waals surface area contributed by atoms with Crippen LogP contribution in [0.5, 0.6) is 0 Å². The van der Waals surface area contributed by atoms with Crippen LogP contribution in [-0.4, -0.2) is 24.8 Å². The second-order valence-electron chi connectivity index (χ2n) is 3.74. The summed E-state index contributed by atoms with van der Waals surface area (Å²) >= 11 is 0. The van der Waals surface area contributed by atoms with Crippen molar-refractivity contribution in [3.63, 3.8) is 0 Å². The van der Waals surface area contributed by atoms with Crippen LogP contribution in [0, 0.1) is 5.92 Å². The van der Waals surface area contributed by atoms with Crippen LogP contribution >= 0.6 is 0 Å². The number of ether oxygens (including phenoxy) is 1. The van der Waals surface area contributed by atoms with Crippen molar-refractivity contribution in [2.24, 2.45) is 5.92 Å². The molecule has 0 aliphatic carbocycles. The molecule has 0 radical (unpaired) electrons. The standard InChI is InChI=1S/C8H13NO/c1-2-7-8-5(3-4-10-8)6(1)9-7/h5-9H,1-4H2/t5-,6+,7-,8-/m0/s1. The van der Waals surface area contributed by atoms with Crippen LogP contribution in [0.1, 0.15) is 19.3 Å². The highest BCUT2D eigenvalue weighted by Crippen LogP contribution is 2.40. The quantitative estimate of drug-likeness (QED) is 0.528. The van der Waals surface area contributed by atoms with Gasteiger partial charge in [-0.3, -0.25) is 0 Å². The smallest absolute Gasteiger partial charge is 0.0771 e. The predicted molar refractivity (Wildman–Crippen MR) is 37.8 cm³/mol. The van der Waals surface area contributed by atoms with Crippen molar-refractivity contribution in [1.82, 2.24) is 5.32 Å². The third kappa shape index (κ3) is 0.523. The summed E-state index contributed by atoms with van der Waals surface area (Å²) in [5, 5.41) is 3.60. The molecule has 0 amide bonds. The first kappa shape index (κ1) is 5.56. The lowest BCUT2D eigenvalue weighted by Crippen LogP contribution is -2.29. The van der Waals surface area contributed by atoms with Gasteiger partial charge in [-0.1, -0.05) is 0 Å². The summed E-state index contributed by atoms with van der Waals surface area (Å²) in [5.74, 6) is 0.874. The molecule has 0 aromatic heterocycles. The number of hydrogen-bond donors (Lipinski definition) is 1. The van der Waals surface area contributed by atoms with Gasteiger partial charge in [0.05, 0.1) is 6.10 Å². The molecule has 3 aliphatic rings. The highest BCUT2D eigenvalue weighted by atomic mass is 16.5. The molecule has 2 heteroatoms. The van der Waals surface area contributed by atoms with E-state index in [1.54, 1.807) is 0 Å². The van der Waals surface area contributed by atoms with E-state index in [9.17, 15) is 0 Å². The van der Waals surface area contributed by atoms with Crippen LogP contribution in [0.4, 0.5) is 0 Å². The Labute approximate surface area is 60.9 Å². The maximum atomic E-state index is 5.65. The van der Waals surface area contributed by atoms with Crippen molar-refractivity contribution >= 4 is 0 Å². The molecule has 0 unspecified atom stereocenters. The lowest BCUT2D eigenvalue weighted by Gasteiger charge is -2.20. The minimum absolute atomic E-state index is 0.596. The Kier molecular flexibility index (Phi) is 0.968. The second-order valence-corrected chi connectivity index (χ2v) is 3.74. The minimum atomic E-state index is 0.596. The highest BCUT2D eigenvalue weighted by molar-refractivity contribution is 5.06. The molecule has 56 valence electrons. The highest BCUT2D eigenvalue weighted by Gasteiger charge is 2.50. The normalized spacial score (nSPS) is 57.6. The molecule has 1 N–H and O–H groups in total. The third-order valence-corrected chi connectivity index (χ3v) is 3.31. The van der Waals surface area contributed by atoms with Crippen LogP contribution in [0.3, 0.4) is 0 Å². The fraction of sp³-hybridized carbons (Fsp3) is 1.00. The van der Waals surface area contributed by atoms with Gasteiger partial charge in [0.1, 0.15) is 0 Å². The molecular formula is C8H13NO. The Morgan fingerprint density at radius 1 is 1.10 bits per heavy atom. The van der Waals surface area contributed by atoms with Crippen molar-refractivity contribution in [3.05, 3.63) is 0 Å². The molecule has 0 saturated carbocycles. The van der Waals surface area contributed by atoms with Gasteiger partial charge in [-0.25, -0.2) is 0 Å². The van der Waals surface area contributed by atoms with E-state index < -0.39 is 0 Å². The van der Waals surface area contributed by atoms with Crippen molar-refractivity contribution in [3.8, 4) is 0 Å². The van der Waals surface area contributed by atoms with E-state index in [0.29, 0.717) is 6.10 Å². The molecule has 2 bridgehead atoms. The predicted octanol–water partition coefficient (Wildman–Crippen LogP) is 0.526. The van der Waals surface area contributed by atoms with E-state index in [-0.39, 0.29) is 0 Å². The zero-order valence-electron chi connectivity index (χ0n) is 6.05. The van der Waals surface area contributed by atoms with Gasteiger partial charge >= 0.3 is 0 Å². The minimum Gasteiger partial charge on any atom is -0.376 e. The summed E-state index contributed by atoms with van der Waals surface area (Å²) in [7, 11) is 0. The average Bonchev–Trinajstić information content (AvgIpc) is 2.60. The Bertz CT molecular complexity index is 143. The maximum absolute atomic E-state index is 5.65. The van der Waals surface area contributed by atoms with Crippen LogP contribution in [-0.2, 0) is 4.74 Å². The van der Waals surface area contributed by atoms with Gasteiger partial charge in [0.2, 0.25) is 0 Å². The van der Waals surface area contributed by atoms with Crippen LogP contribution < -0.4 is 5.32 Å². The first-order chi connectivity index (χ1) is 4.95. The Morgan fingerprint density at radius 2 is 2.00 bits per heavy atom. The van der Waals surface area contributed by atoms with Crippen molar-refractivity contribution in [1.29, 1.82) is 0 Å². The third-order valence-electron chi connectivity index (χ3n) is 3.31. The van der Waals surface area contributed by atoms with Gasteiger partial charge in [-0.05, 0) is 19.3 Å². The summed E-state index contributed by atoms with van der Waals surface area (Å²) in [4.78, 5) is 0. The van der Waals surface area contributed by atoms with Crippen molar-refractivity contribution < 1.29 is 4.74 Å². The maximum Gasteiger partial charge on any atom is 0.0771 e. The van der Waals surface area contributed by atoms with E-state index in [0.717, 1.165) is 24.6 Å². The average molecular weight is 139 g/mol. The van der Waals surface area contributed by atoms with E-state index in [2.05, 4.69) is 5.32 Å². The summed E-state index contributed by atoms with van der Waals surface area (Å²) in [5.41, 5.74) is 0. The van der Waals surface area contributed by atoms with E-state index in [4.69, 9.17) is 4.74 Å². The fourth-order valence-corrected chi connectivity index (χ4v) is 2.87. The summed E-state index contributed by atoms with van der Waals surface area (Å²) in [6.07, 6.45) is 4.65. The van der Waals surface area contributed by atoms with E-state index >= 15 is 0 Å². The Morgan fingerprint density at radius 3 is 2.90 bits per heavy atom. The largest absolute Gasteiger partial charge is 0.376 e. The number of nitrogens with one attached hydrogen (secondary N) is 1. The Balaban J connectivity index is 1.92. The molecule has 0 spiro atoms. The molecule has 4 atom stereocenters. The topological polar surface area (TPSA) is 21.3 Å².